The Bertz CT molecular complexity index is 627. The van der Waals surface area contributed by atoms with Crippen molar-refractivity contribution in [3.8, 4) is 6.07 Å². The second-order valence-electron chi connectivity index (χ2n) is 5.08. The molecule has 0 saturated carbocycles. The second kappa shape index (κ2) is 6.33. The Labute approximate surface area is 124 Å². The van der Waals surface area contributed by atoms with E-state index in [9.17, 15) is 0 Å². The third-order valence-corrected chi connectivity index (χ3v) is 3.74. The lowest BCUT2D eigenvalue weighted by atomic mass is 10.1. The third kappa shape index (κ3) is 3.18. The molecular weight excluding hydrogens is 262 g/mol. The van der Waals surface area contributed by atoms with Crippen molar-refractivity contribution in [3.63, 3.8) is 0 Å². The molecule has 1 aromatic heterocycles. The molecule has 2 aromatic rings. The number of aromatic nitrogens is 2. The molecule has 21 heavy (non-hydrogen) atoms. The highest BCUT2D eigenvalue weighted by atomic mass is 15.3. The molecule has 5 nitrogen and oxygen atoms in total. The summed E-state index contributed by atoms with van der Waals surface area (Å²) in [6.07, 6.45) is 3.55. The fraction of sp³-hybridized carbons (Fsp3) is 0.312. The van der Waals surface area contributed by atoms with Gasteiger partial charge in [0, 0.05) is 45.1 Å². The molecule has 5 heteroatoms. The SMILES string of the molecule is N#Cc1ccccc1CN1CCN(c2ncccn2)CC1. The summed E-state index contributed by atoms with van der Waals surface area (Å²) in [5.41, 5.74) is 1.87. The Kier molecular flexibility index (Phi) is 4.08. The summed E-state index contributed by atoms with van der Waals surface area (Å²) < 4.78 is 0. The van der Waals surface area contributed by atoms with E-state index >= 15 is 0 Å². The largest absolute Gasteiger partial charge is 0.338 e. The van der Waals surface area contributed by atoms with Gasteiger partial charge in [0.25, 0.3) is 0 Å². The monoisotopic (exact) mass is 279 g/mol. The average molecular weight is 279 g/mol. The Morgan fingerprint density at radius 2 is 1.71 bits per heavy atom. The van der Waals surface area contributed by atoms with Crippen LogP contribution in [0.2, 0.25) is 0 Å². The molecule has 3 rings (SSSR count). The van der Waals surface area contributed by atoms with E-state index in [2.05, 4.69) is 25.8 Å². The summed E-state index contributed by atoms with van der Waals surface area (Å²) in [5.74, 6) is 0.801. The fourth-order valence-corrected chi connectivity index (χ4v) is 2.57. The lowest BCUT2D eigenvalue weighted by Gasteiger charge is -2.34. The molecule has 1 aliphatic heterocycles. The van der Waals surface area contributed by atoms with Crippen LogP contribution in [0.25, 0.3) is 0 Å². The molecule has 0 unspecified atom stereocenters. The first-order valence-electron chi connectivity index (χ1n) is 7.09. The minimum absolute atomic E-state index is 0.770. The van der Waals surface area contributed by atoms with Gasteiger partial charge in [-0.3, -0.25) is 4.90 Å². The van der Waals surface area contributed by atoms with E-state index in [1.165, 1.54) is 0 Å². The van der Waals surface area contributed by atoms with Gasteiger partial charge < -0.3 is 4.90 Å². The number of rotatable bonds is 3. The van der Waals surface area contributed by atoms with Gasteiger partial charge in [-0.05, 0) is 17.7 Å². The molecule has 0 atom stereocenters. The zero-order chi connectivity index (χ0) is 14.5. The quantitative estimate of drug-likeness (QED) is 0.855. The van der Waals surface area contributed by atoms with Crippen molar-refractivity contribution < 1.29 is 0 Å². The molecular formula is C16H17N5. The van der Waals surface area contributed by atoms with Crippen LogP contribution in [0.15, 0.2) is 42.7 Å². The number of nitriles is 1. The Morgan fingerprint density at radius 3 is 2.43 bits per heavy atom. The van der Waals surface area contributed by atoms with E-state index in [4.69, 9.17) is 5.26 Å². The lowest BCUT2D eigenvalue weighted by molar-refractivity contribution is 0.248. The first kappa shape index (κ1) is 13.5. The van der Waals surface area contributed by atoms with Gasteiger partial charge in [-0.25, -0.2) is 9.97 Å². The first-order valence-corrected chi connectivity index (χ1v) is 7.09. The molecule has 1 saturated heterocycles. The third-order valence-electron chi connectivity index (χ3n) is 3.74. The summed E-state index contributed by atoms with van der Waals surface area (Å²) in [7, 11) is 0. The molecule has 1 aromatic carbocycles. The van der Waals surface area contributed by atoms with Crippen LogP contribution < -0.4 is 4.90 Å². The smallest absolute Gasteiger partial charge is 0.225 e. The summed E-state index contributed by atoms with van der Waals surface area (Å²) in [5, 5.41) is 9.15. The van der Waals surface area contributed by atoms with E-state index in [0.717, 1.165) is 49.8 Å². The number of nitrogens with zero attached hydrogens (tertiary/aromatic N) is 5. The molecule has 1 fully saturated rings. The van der Waals surface area contributed by atoms with Gasteiger partial charge in [0.2, 0.25) is 5.95 Å². The Hall–Kier alpha value is -2.45. The van der Waals surface area contributed by atoms with Crippen molar-refractivity contribution in [2.45, 2.75) is 6.54 Å². The molecule has 0 aliphatic carbocycles. The standard InChI is InChI=1S/C16H17N5/c17-12-14-4-1-2-5-15(14)13-20-8-10-21(11-9-20)16-18-6-3-7-19-16/h1-7H,8-11,13H2. The Morgan fingerprint density at radius 1 is 1.00 bits per heavy atom. The topological polar surface area (TPSA) is 56.1 Å². The maximum absolute atomic E-state index is 9.15. The molecule has 106 valence electrons. The highest BCUT2D eigenvalue weighted by Gasteiger charge is 2.19. The zero-order valence-electron chi connectivity index (χ0n) is 11.8. The Balaban J connectivity index is 1.60. The van der Waals surface area contributed by atoms with Gasteiger partial charge >= 0.3 is 0 Å². The minimum Gasteiger partial charge on any atom is -0.338 e. The van der Waals surface area contributed by atoms with Crippen LogP contribution in [-0.4, -0.2) is 41.0 Å². The van der Waals surface area contributed by atoms with E-state index < -0.39 is 0 Å². The van der Waals surface area contributed by atoms with E-state index in [1.54, 1.807) is 12.4 Å². The highest BCUT2D eigenvalue weighted by Crippen LogP contribution is 2.14. The normalized spacial score (nSPS) is 15.7. The average Bonchev–Trinajstić information content (AvgIpc) is 2.57. The molecule has 0 radical (unpaired) electrons. The maximum Gasteiger partial charge on any atom is 0.225 e. The molecule has 0 amide bonds. The molecule has 0 spiro atoms. The first-order chi connectivity index (χ1) is 10.4. The predicted octanol–water partition coefficient (Wildman–Crippen LogP) is 1.67. The fourth-order valence-electron chi connectivity index (χ4n) is 2.57. The van der Waals surface area contributed by atoms with Crippen LogP contribution in [-0.2, 0) is 6.54 Å². The summed E-state index contributed by atoms with van der Waals surface area (Å²) in [6.45, 7) is 4.57. The van der Waals surface area contributed by atoms with Crippen LogP contribution in [0.5, 0.6) is 0 Å². The van der Waals surface area contributed by atoms with Gasteiger partial charge in [0.1, 0.15) is 0 Å². The van der Waals surface area contributed by atoms with Crippen molar-refractivity contribution >= 4 is 5.95 Å². The minimum atomic E-state index is 0.770. The maximum atomic E-state index is 9.15. The van der Waals surface area contributed by atoms with Crippen LogP contribution >= 0.6 is 0 Å². The summed E-state index contributed by atoms with van der Waals surface area (Å²) >= 11 is 0. The van der Waals surface area contributed by atoms with Gasteiger partial charge in [-0.15, -0.1) is 0 Å². The van der Waals surface area contributed by atoms with Crippen molar-refractivity contribution in [1.82, 2.24) is 14.9 Å². The second-order valence-corrected chi connectivity index (χ2v) is 5.08. The van der Waals surface area contributed by atoms with Gasteiger partial charge in [0.05, 0.1) is 11.6 Å². The highest BCUT2D eigenvalue weighted by molar-refractivity contribution is 5.37. The lowest BCUT2D eigenvalue weighted by Crippen LogP contribution is -2.46. The van der Waals surface area contributed by atoms with Crippen molar-refractivity contribution in [3.05, 3.63) is 53.9 Å². The zero-order valence-corrected chi connectivity index (χ0v) is 11.8. The van der Waals surface area contributed by atoms with Crippen LogP contribution in [0.3, 0.4) is 0 Å². The van der Waals surface area contributed by atoms with Crippen LogP contribution in [0, 0.1) is 11.3 Å². The van der Waals surface area contributed by atoms with Crippen LogP contribution in [0.1, 0.15) is 11.1 Å². The predicted molar refractivity (Wildman–Crippen MR) is 80.7 cm³/mol. The van der Waals surface area contributed by atoms with E-state index in [1.807, 2.05) is 30.3 Å². The number of benzene rings is 1. The van der Waals surface area contributed by atoms with Gasteiger partial charge in [-0.2, -0.15) is 5.26 Å². The number of hydrogen-bond donors (Lipinski definition) is 0. The van der Waals surface area contributed by atoms with Crippen LogP contribution in [0.4, 0.5) is 5.95 Å². The number of hydrogen-bond acceptors (Lipinski definition) is 5. The van der Waals surface area contributed by atoms with Gasteiger partial charge in [0.15, 0.2) is 0 Å². The molecule has 0 N–H and O–H groups in total. The summed E-state index contributed by atoms with van der Waals surface area (Å²) in [4.78, 5) is 13.2. The molecule has 0 bridgehead atoms. The molecule has 2 heterocycles. The summed E-state index contributed by atoms with van der Waals surface area (Å²) in [6, 6.07) is 11.9. The van der Waals surface area contributed by atoms with E-state index in [-0.39, 0.29) is 0 Å². The van der Waals surface area contributed by atoms with Gasteiger partial charge in [-0.1, -0.05) is 18.2 Å². The molecule has 1 aliphatic rings. The number of anilines is 1. The van der Waals surface area contributed by atoms with Crippen molar-refractivity contribution in [1.29, 1.82) is 5.26 Å². The van der Waals surface area contributed by atoms with Crippen molar-refractivity contribution in [2.75, 3.05) is 31.1 Å². The van der Waals surface area contributed by atoms with E-state index in [0.29, 0.717) is 0 Å². The number of piperazine rings is 1. The van der Waals surface area contributed by atoms with Crippen molar-refractivity contribution in [2.24, 2.45) is 0 Å².